The lowest BCUT2D eigenvalue weighted by molar-refractivity contribution is -0.137. The summed E-state index contributed by atoms with van der Waals surface area (Å²) >= 11 is 1.35. The summed E-state index contributed by atoms with van der Waals surface area (Å²) in [5.74, 6) is 0.165. The molecule has 2 N–H and O–H groups in total. The molecule has 100 valence electrons. The van der Waals surface area contributed by atoms with Crippen molar-refractivity contribution in [2.45, 2.75) is 13.8 Å². The van der Waals surface area contributed by atoms with Crippen LogP contribution in [0.5, 0.6) is 16.7 Å². The van der Waals surface area contributed by atoms with Gasteiger partial charge in [-0.05, 0) is 12.1 Å². The Labute approximate surface area is 115 Å². The van der Waals surface area contributed by atoms with Crippen molar-refractivity contribution in [1.82, 2.24) is 4.98 Å². The van der Waals surface area contributed by atoms with Crippen molar-refractivity contribution in [2.24, 2.45) is 5.92 Å². The summed E-state index contributed by atoms with van der Waals surface area (Å²) in [7, 11) is 0. The molecule has 1 aromatic carbocycles. The number of hydrogen-bond acceptors (Lipinski definition) is 6. The highest BCUT2D eigenvalue weighted by Crippen LogP contribution is 2.35. The fourth-order valence-electron chi connectivity index (χ4n) is 1.28. The number of benzene rings is 1. The van der Waals surface area contributed by atoms with Crippen LogP contribution < -0.4 is 15.2 Å². The Hall–Kier alpha value is -2.08. The normalized spacial score (nSPS) is 10.5. The first kappa shape index (κ1) is 13.4. The van der Waals surface area contributed by atoms with E-state index < -0.39 is 0 Å². The molecule has 6 heteroatoms. The topological polar surface area (TPSA) is 74.4 Å². The number of hydrogen-bond donors (Lipinski definition) is 1. The number of ether oxygens (including phenoxy) is 2. The summed E-state index contributed by atoms with van der Waals surface area (Å²) in [6, 6.07) is 5.04. The molecule has 0 unspecified atom stereocenters. The molecule has 1 aromatic heterocycles. The lowest BCUT2D eigenvalue weighted by Gasteiger charge is -2.11. The molecule has 0 atom stereocenters. The maximum Gasteiger partial charge on any atom is 0.313 e. The molecule has 0 saturated carbocycles. The Morgan fingerprint density at radius 1 is 1.37 bits per heavy atom. The molecular formula is C13H14N2O3S. The summed E-state index contributed by atoms with van der Waals surface area (Å²) < 4.78 is 10.7. The molecule has 0 spiro atoms. The van der Waals surface area contributed by atoms with Crippen LogP contribution in [0.1, 0.15) is 13.8 Å². The van der Waals surface area contributed by atoms with Crippen molar-refractivity contribution in [3.8, 4) is 16.7 Å². The van der Waals surface area contributed by atoms with E-state index in [2.05, 4.69) is 4.98 Å². The number of carbonyl (C=O) groups excluding carboxylic acids is 1. The minimum atomic E-state index is -0.335. The number of para-hydroxylation sites is 1. The number of aromatic nitrogens is 1. The lowest BCUT2D eigenvalue weighted by atomic mass is 10.2. The summed E-state index contributed by atoms with van der Waals surface area (Å²) in [4.78, 5) is 15.6. The average molecular weight is 278 g/mol. The van der Waals surface area contributed by atoms with Gasteiger partial charge in [0, 0.05) is 11.6 Å². The molecule has 2 aromatic rings. The molecular weight excluding hydrogens is 264 g/mol. The zero-order valence-electron chi connectivity index (χ0n) is 10.6. The van der Waals surface area contributed by atoms with E-state index in [1.807, 2.05) is 0 Å². The van der Waals surface area contributed by atoms with Gasteiger partial charge < -0.3 is 15.2 Å². The van der Waals surface area contributed by atoms with Crippen LogP contribution in [0.15, 0.2) is 29.8 Å². The Morgan fingerprint density at radius 2 is 2.11 bits per heavy atom. The van der Waals surface area contributed by atoms with Crippen LogP contribution in [-0.2, 0) is 4.79 Å². The first-order chi connectivity index (χ1) is 9.08. The first-order valence-corrected chi connectivity index (χ1v) is 6.63. The highest BCUT2D eigenvalue weighted by molar-refractivity contribution is 7.11. The zero-order valence-corrected chi connectivity index (χ0v) is 11.4. The van der Waals surface area contributed by atoms with Gasteiger partial charge in [0.1, 0.15) is 5.69 Å². The van der Waals surface area contributed by atoms with Gasteiger partial charge >= 0.3 is 5.97 Å². The lowest BCUT2D eigenvalue weighted by Crippen LogP contribution is -2.15. The summed E-state index contributed by atoms with van der Waals surface area (Å²) in [6.45, 7) is 3.52. The number of nitrogens with two attached hydrogens (primary N) is 1. The van der Waals surface area contributed by atoms with Crippen LogP contribution in [0.4, 0.5) is 5.69 Å². The number of anilines is 1. The van der Waals surface area contributed by atoms with E-state index in [0.29, 0.717) is 16.7 Å². The van der Waals surface area contributed by atoms with Gasteiger partial charge in [-0.3, -0.25) is 4.79 Å². The Kier molecular flexibility index (Phi) is 4.01. The number of rotatable bonds is 4. The minimum Gasteiger partial charge on any atom is -0.429 e. The molecule has 0 fully saturated rings. The van der Waals surface area contributed by atoms with Crippen LogP contribution in [0.3, 0.4) is 0 Å². The van der Waals surface area contributed by atoms with Crippen molar-refractivity contribution in [2.75, 3.05) is 5.73 Å². The first-order valence-electron chi connectivity index (χ1n) is 5.75. The molecule has 0 aliphatic carbocycles. The summed E-state index contributed by atoms with van der Waals surface area (Å²) in [5, 5.41) is 2.28. The third-order valence-electron chi connectivity index (χ3n) is 2.31. The van der Waals surface area contributed by atoms with Gasteiger partial charge in [0.05, 0.1) is 5.92 Å². The van der Waals surface area contributed by atoms with Gasteiger partial charge in [0.15, 0.2) is 11.5 Å². The summed E-state index contributed by atoms with van der Waals surface area (Å²) in [5.41, 5.74) is 6.21. The number of nitrogens with zero attached hydrogens (tertiary/aromatic N) is 1. The number of nitrogen functional groups attached to an aromatic ring is 1. The minimum absolute atomic E-state index is 0.220. The van der Waals surface area contributed by atoms with E-state index in [1.165, 1.54) is 11.3 Å². The van der Waals surface area contributed by atoms with Crippen LogP contribution in [0, 0.1) is 5.92 Å². The second-order valence-corrected chi connectivity index (χ2v) is 5.00. The summed E-state index contributed by atoms with van der Waals surface area (Å²) in [6.07, 6.45) is 1.64. The largest absolute Gasteiger partial charge is 0.429 e. The molecule has 19 heavy (non-hydrogen) atoms. The molecule has 0 aliphatic heterocycles. The van der Waals surface area contributed by atoms with Gasteiger partial charge in [-0.1, -0.05) is 31.3 Å². The maximum absolute atomic E-state index is 11.6. The van der Waals surface area contributed by atoms with Crippen molar-refractivity contribution >= 4 is 23.0 Å². The average Bonchev–Trinajstić information content (AvgIpc) is 2.87. The predicted molar refractivity (Wildman–Crippen MR) is 73.5 cm³/mol. The van der Waals surface area contributed by atoms with Gasteiger partial charge in [-0.25, -0.2) is 4.98 Å². The second-order valence-electron chi connectivity index (χ2n) is 4.14. The van der Waals surface area contributed by atoms with Crippen LogP contribution >= 0.6 is 11.3 Å². The van der Waals surface area contributed by atoms with E-state index in [1.54, 1.807) is 43.6 Å². The second kappa shape index (κ2) is 5.71. The Bertz CT molecular complexity index is 567. The SMILES string of the molecule is CC(C)C(=O)Oc1cccc(Oc2nccs2)c1N. The Morgan fingerprint density at radius 3 is 2.74 bits per heavy atom. The molecule has 5 nitrogen and oxygen atoms in total. The Balaban J connectivity index is 2.20. The number of esters is 1. The van der Waals surface area contributed by atoms with Gasteiger partial charge in [-0.15, -0.1) is 0 Å². The van der Waals surface area contributed by atoms with Gasteiger partial charge in [-0.2, -0.15) is 0 Å². The standard InChI is InChI=1S/C13H14N2O3S/c1-8(2)12(16)17-9-4-3-5-10(11(9)14)18-13-15-6-7-19-13/h3-8H,14H2,1-2H3. The monoisotopic (exact) mass is 278 g/mol. The van der Waals surface area contributed by atoms with Crippen LogP contribution in [0.25, 0.3) is 0 Å². The van der Waals surface area contributed by atoms with E-state index >= 15 is 0 Å². The molecule has 1 heterocycles. The van der Waals surface area contributed by atoms with Crippen LogP contribution in [-0.4, -0.2) is 11.0 Å². The van der Waals surface area contributed by atoms with Crippen molar-refractivity contribution < 1.29 is 14.3 Å². The molecule has 0 aliphatic rings. The van der Waals surface area contributed by atoms with Gasteiger partial charge in [0.2, 0.25) is 0 Å². The van der Waals surface area contributed by atoms with Crippen molar-refractivity contribution in [3.05, 3.63) is 29.8 Å². The number of thiazole rings is 1. The predicted octanol–water partition coefficient (Wildman–Crippen LogP) is 3.08. The van der Waals surface area contributed by atoms with E-state index in [0.717, 1.165) is 0 Å². The molecule has 0 radical (unpaired) electrons. The fraction of sp³-hybridized carbons (Fsp3) is 0.231. The van der Waals surface area contributed by atoms with E-state index in [9.17, 15) is 4.79 Å². The van der Waals surface area contributed by atoms with E-state index in [-0.39, 0.29) is 17.6 Å². The van der Waals surface area contributed by atoms with Crippen molar-refractivity contribution in [1.29, 1.82) is 0 Å². The zero-order chi connectivity index (χ0) is 13.8. The third-order valence-corrected chi connectivity index (χ3v) is 2.96. The molecule has 2 rings (SSSR count). The maximum atomic E-state index is 11.6. The number of carbonyl (C=O) groups is 1. The quantitative estimate of drug-likeness (QED) is 0.528. The smallest absolute Gasteiger partial charge is 0.313 e. The fourth-order valence-corrected chi connectivity index (χ4v) is 1.78. The van der Waals surface area contributed by atoms with Crippen molar-refractivity contribution in [3.63, 3.8) is 0 Å². The highest BCUT2D eigenvalue weighted by Gasteiger charge is 2.14. The molecule has 0 bridgehead atoms. The van der Waals surface area contributed by atoms with Crippen LogP contribution in [0.2, 0.25) is 0 Å². The molecule has 0 amide bonds. The third kappa shape index (κ3) is 3.23. The highest BCUT2D eigenvalue weighted by atomic mass is 32.1. The van der Waals surface area contributed by atoms with E-state index in [4.69, 9.17) is 15.2 Å². The molecule has 0 saturated heterocycles. The van der Waals surface area contributed by atoms with Gasteiger partial charge in [0.25, 0.3) is 5.19 Å².